The number of aryl methyl sites for hydroxylation is 1. The number of carbonyl (C=O) groups excluding carboxylic acids is 1. The maximum Gasteiger partial charge on any atom is 0.256 e. The third kappa shape index (κ3) is 1.66. The summed E-state index contributed by atoms with van der Waals surface area (Å²) in [6, 6.07) is 7.26. The van der Waals surface area contributed by atoms with Crippen molar-refractivity contribution < 1.29 is 4.79 Å². The number of hydrogen-bond donors (Lipinski definition) is 3. The molecule has 5 nitrogen and oxygen atoms in total. The Labute approximate surface area is 104 Å². The third-order valence-electron chi connectivity index (χ3n) is 2.84. The van der Waals surface area contributed by atoms with E-state index in [1.807, 2.05) is 19.1 Å². The smallest absolute Gasteiger partial charge is 0.256 e. The number of H-pyrrole nitrogens is 1. The first-order valence-corrected chi connectivity index (χ1v) is 5.58. The Bertz CT molecular complexity index is 669. The summed E-state index contributed by atoms with van der Waals surface area (Å²) in [6.07, 6.45) is 1.76. The number of nitrogens with one attached hydrogen (secondary N) is 2. The third-order valence-corrected chi connectivity index (χ3v) is 2.84. The molecule has 1 aromatic heterocycles. The van der Waals surface area contributed by atoms with Gasteiger partial charge in [0.1, 0.15) is 0 Å². The lowest BCUT2D eigenvalue weighted by Crippen LogP contribution is -2.03. The van der Waals surface area contributed by atoms with Crippen molar-refractivity contribution in [3.8, 4) is 0 Å². The van der Waals surface area contributed by atoms with Crippen LogP contribution in [0, 0.1) is 6.92 Å². The molecule has 0 saturated carbocycles. The minimum absolute atomic E-state index is 0.128. The SMILES string of the molecule is Cc1cc(C=C2C(=O)Nc3cc(N)ccc32)n[nH]1. The number of nitrogens with zero attached hydrogens (tertiary/aromatic N) is 1. The zero-order valence-electron chi connectivity index (χ0n) is 9.82. The highest BCUT2D eigenvalue weighted by Crippen LogP contribution is 2.34. The molecule has 4 N–H and O–H groups in total. The fourth-order valence-corrected chi connectivity index (χ4v) is 2.02. The second-order valence-corrected chi connectivity index (χ2v) is 4.29. The van der Waals surface area contributed by atoms with E-state index in [0.717, 1.165) is 22.6 Å². The first-order chi connectivity index (χ1) is 8.63. The van der Waals surface area contributed by atoms with Crippen molar-refractivity contribution in [1.29, 1.82) is 0 Å². The first kappa shape index (κ1) is 10.6. The minimum Gasteiger partial charge on any atom is -0.399 e. The van der Waals surface area contributed by atoms with Crippen LogP contribution in [0.3, 0.4) is 0 Å². The highest BCUT2D eigenvalue weighted by atomic mass is 16.2. The largest absolute Gasteiger partial charge is 0.399 e. The van der Waals surface area contributed by atoms with E-state index >= 15 is 0 Å². The van der Waals surface area contributed by atoms with Gasteiger partial charge in [-0.15, -0.1) is 0 Å². The minimum atomic E-state index is -0.128. The van der Waals surface area contributed by atoms with Gasteiger partial charge < -0.3 is 11.1 Å². The lowest BCUT2D eigenvalue weighted by molar-refractivity contribution is -0.110. The number of hydrogen-bond acceptors (Lipinski definition) is 3. The van der Waals surface area contributed by atoms with Crippen LogP contribution < -0.4 is 11.1 Å². The molecule has 0 bridgehead atoms. The van der Waals surface area contributed by atoms with Crippen molar-refractivity contribution in [2.75, 3.05) is 11.1 Å². The molecule has 0 fully saturated rings. The van der Waals surface area contributed by atoms with E-state index in [2.05, 4.69) is 15.5 Å². The Morgan fingerprint density at radius 2 is 2.17 bits per heavy atom. The number of anilines is 2. The molecular weight excluding hydrogens is 228 g/mol. The van der Waals surface area contributed by atoms with E-state index in [0.29, 0.717) is 11.3 Å². The van der Waals surface area contributed by atoms with Gasteiger partial charge in [0.15, 0.2) is 0 Å². The normalized spacial score (nSPS) is 15.8. The summed E-state index contributed by atoms with van der Waals surface area (Å²) in [5, 5.41) is 9.73. The average Bonchev–Trinajstić information content (AvgIpc) is 2.84. The summed E-state index contributed by atoms with van der Waals surface area (Å²) in [7, 11) is 0. The van der Waals surface area contributed by atoms with E-state index in [-0.39, 0.29) is 5.91 Å². The van der Waals surface area contributed by atoms with Crippen molar-refractivity contribution in [3.63, 3.8) is 0 Å². The van der Waals surface area contributed by atoms with Gasteiger partial charge in [0.25, 0.3) is 5.91 Å². The fourth-order valence-electron chi connectivity index (χ4n) is 2.02. The second-order valence-electron chi connectivity index (χ2n) is 4.29. The number of benzene rings is 1. The van der Waals surface area contributed by atoms with Gasteiger partial charge in [-0.25, -0.2) is 0 Å². The van der Waals surface area contributed by atoms with Crippen LogP contribution in [0.4, 0.5) is 11.4 Å². The molecule has 0 aliphatic carbocycles. The number of aromatic nitrogens is 2. The molecular formula is C13H12N4O. The van der Waals surface area contributed by atoms with Crippen molar-refractivity contribution >= 4 is 28.9 Å². The van der Waals surface area contributed by atoms with E-state index < -0.39 is 0 Å². The molecule has 2 heterocycles. The monoisotopic (exact) mass is 240 g/mol. The Kier molecular flexibility index (Phi) is 2.19. The van der Waals surface area contributed by atoms with E-state index in [9.17, 15) is 4.79 Å². The summed E-state index contributed by atoms with van der Waals surface area (Å²) < 4.78 is 0. The number of rotatable bonds is 1. The van der Waals surface area contributed by atoms with Gasteiger partial charge in [-0.3, -0.25) is 9.89 Å². The average molecular weight is 240 g/mol. The summed E-state index contributed by atoms with van der Waals surface area (Å²) in [5.74, 6) is -0.128. The van der Waals surface area contributed by atoms with Gasteiger partial charge >= 0.3 is 0 Å². The number of nitrogen functional groups attached to an aromatic ring is 1. The zero-order chi connectivity index (χ0) is 12.7. The summed E-state index contributed by atoms with van der Waals surface area (Å²) in [4.78, 5) is 11.9. The number of fused-ring (bicyclic) bond motifs is 1. The Morgan fingerprint density at radius 3 is 2.89 bits per heavy atom. The van der Waals surface area contributed by atoms with Gasteiger partial charge in [0.05, 0.1) is 17.0 Å². The molecule has 18 heavy (non-hydrogen) atoms. The van der Waals surface area contributed by atoms with Gasteiger partial charge in [-0.2, -0.15) is 5.10 Å². The summed E-state index contributed by atoms with van der Waals surface area (Å²) in [5.41, 5.74) is 10.2. The van der Waals surface area contributed by atoms with Crippen LogP contribution in [0.5, 0.6) is 0 Å². The van der Waals surface area contributed by atoms with Crippen molar-refractivity contribution in [2.24, 2.45) is 0 Å². The Morgan fingerprint density at radius 1 is 1.33 bits per heavy atom. The molecule has 90 valence electrons. The van der Waals surface area contributed by atoms with Crippen molar-refractivity contribution in [2.45, 2.75) is 6.92 Å². The molecule has 0 radical (unpaired) electrons. The molecule has 1 aliphatic heterocycles. The van der Waals surface area contributed by atoms with Crippen LogP contribution in [0.25, 0.3) is 11.6 Å². The predicted octanol–water partition coefficient (Wildman–Crippen LogP) is 1.79. The lowest BCUT2D eigenvalue weighted by atomic mass is 10.1. The van der Waals surface area contributed by atoms with Gasteiger partial charge in [-0.1, -0.05) is 6.07 Å². The van der Waals surface area contributed by atoms with Crippen LogP contribution in [-0.2, 0) is 4.79 Å². The molecule has 1 amide bonds. The first-order valence-electron chi connectivity index (χ1n) is 5.58. The Balaban J connectivity index is 2.09. The maximum absolute atomic E-state index is 11.9. The van der Waals surface area contributed by atoms with Crippen LogP contribution in [-0.4, -0.2) is 16.1 Å². The van der Waals surface area contributed by atoms with Crippen molar-refractivity contribution in [3.05, 3.63) is 41.2 Å². The second kappa shape index (κ2) is 3.73. The topological polar surface area (TPSA) is 83.8 Å². The highest BCUT2D eigenvalue weighted by Gasteiger charge is 2.24. The molecule has 2 aromatic rings. The molecule has 3 rings (SSSR count). The van der Waals surface area contributed by atoms with Crippen LogP contribution >= 0.6 is 0 Å². The molecule has 0 atom stereocenters. The molecule has 0 unspecified atom stereocenters. The summed E-state index contributed by atoms with van der Waals surface area (Å²) in [6.45, 7) is 1.92. The number of nitrogens with two attached hydrogens (primary N) is 1. The molecule has 0 saturated heterocycles. The maximum atomic E-state index is 11.9. The highest BCUT2D eigenvalue weighted by molar-refractivity contribution is 6.34. The quantitative estimate of drug-likeness (QED) is 0.525. The van der Waals surface area contributed by atoms with E-state index in [1.165, 1.54) is 0 Å². The van der Waals surface area contributed by atoms with Crippen LogP contribution in [0.2, 0.25) is 0 Å². The van der Waals surface area contributed by atoms with E-state index in [1.54, 1.807) is 18.2 Å². The predicted molar refractivity (Wildman–Crippen MR) is 70.7 cm³/mol. The lowest BCUT2D eigenvalue weighted by Gasteiger charge is -1.98. The molecule has 5 heteroatoms. The fraction of sp³-hybridized carbons (Fsp3) is 0.0769. The number of amides is 1. The van der Waals surface area contributed by atoms with Gasteiger partial charge in [0.2, 0.25) is 0 Å². The van der Waals surface area contributed by atoms with Crippen LogP contribution in [0.15, 0.2) is 24.3 Å². The number of carbonyl (C=O) groups is 1. The van der Waals surface area contributed by atoms with Gasteiger partial charge in [-0.05, 0) is 31.2 Å². The van der Waals surface area contributed by atoms with E-state index in [4.69, 9.17) is 5.73 Å². The van der Waals surface area contributed by atoms with Gasteiger partial charge in [0, 0.05) is 16.9 Å². The summed E-state index contributed by atoms with van der Waals surface area (Å²) >= 11 is 0. The standard InChI is InChI=1S/C13H12N4O/c1-7-4-9(17-16-7)6-11-10-3-2-8(14)5-12(10)15-13(11)18/h2-6H,14H2,1H3,(H,15,18)(H,16,17). The number of aromatic amines is 1. The molecule has 1 aliphatic rings. The Hall–Kier alpha value is -2.56. The van der Waals surface area contributed by atoms with Crippen molar-refractivity contribution in [1.82, 2.24) is 10.2 Å². The molecule has 1 aromatic carbocycles. The van der Waals surface area contributed by atoms with Crippen LogP contribution in [0.1, 0.15) is 17.0 Å². The zero-order valence-corrected chi connectivity index (χ0v) is 9.82. The molecule has 0 spiro atoms.